The number of carbonyl (C=O) groups is 2. The molecule has 10 nitrogen and oxygen atoms in total. The summed E-state index contributed by atoms with van der Waals surface area (Å²) in [6.45, 7) is 4.32. The lowest BCUT2D eigenvalue weighted by Gasteiger charge is -2.37. The molecular weight excluding hydrogens is 613 g/mol. The number of carbonyl (C=O) groups excluding carboxylic acids is 2. The first-order chi connectivity index (χ1) is 20.5. The molecule has 5 rings (SSSR count). The van der Waals surface area contributed by atoms with Crippen molar-refractivity contribution in [1.29, 1.82) is 0 Å². The molecular formula is C30H31Cl2N5O5S. The predicted octanol–water partition coefficient (Wildman–Crippen LogP) is 5.03. The van der Waals surface area contributed by atoms with Gasteiger partial charge in [-0.3, -0.25) is 9.69 Å². The summed E-state index contributed by atoms with van der Waals surface area (Å²) in [7, 11) is -2.83. The molecule has 0 bridgehead atoms. The largest absolute Gasteiger partial charge is 0.494 e. The molecule has 0 aliphatic carbocycles. The van der Waals surface area contributed by atoms with Gasteiger partial charge < -0.3 is 15.0 Å². The highest BCUT2D eigenvalue weighted by atomic mass is 35.5. The molecule has 0 radical (unpaired) electrons. The number of ether oxygens (including phenoxy) is 1. The summed E-state index contributed by atoms with van der Waals surface area (Å²) in [6.07, 6.45) is 0. The number of urea groups is 1. The maximum absolute atomic E-state index is 14.3. The Hall–Kier alpha value is -3.80. The number of aryl methyl sites for hydroxylation is 1. The molecule has 0 saturated carbocycles. The molecule has 3 aromatic carbocycles. The molecule has 0 aromatic heterocycles. The van der Waals surface area contributed by atoms with E-state index < -0.39 is 28.1 Å². The summed E-state index contributed by atoms with van der Waals surface area (Å²) in [5, 5.41) is 3.74. The Balaban J connectivity index is 1.65. The minimum atomic E-state index is -4.20. The lowest BCUT2D eigenvalue weighted by molar-refractivity contribution is -0.123. The van der Waals surface area contributed by atoms with Crippen LogP contribution in [0.5, 0.6) is 5.75 Å². The van der Waals surface area contributed by atoms with Gasteiger partial charge in [0.05, 0.1) is 17.5 Å². The van der Waals surface area contributed by atoms with E-state index in [4.69, 9.17) is 32.9 Å². The molecule has 1 fully saturated rings. The summed E-state index contributed by atoms with van der Waals surface area (Å²) >= 11 is 12.4. The number of piperazine rings is 1. The second-order valence-electron chi connectivity index (χ2n) is 10.2. The van der Waals surface area contributed by atoms with Crippen molar-refractivity contribution in [1.82, 2.24) is 19.4 Å². The van der Waals surface area contributed by atoms with Gasteiger partial charge in [-0.15, -0.1) is 0 Å². The number of hydrogen-bond acceptors (Lipinski definition) is 6. The summed E-state index contributed by atoms with van der Waals surface area (Å²) in [5.41, 5.74) is 1.88. The highest BCUT2D eigenvalue weighted by Gasteiger charge is 2.47. The third-order valence-corrected chi connectivity index (χ3v) is 9.76. The van der Waals surface area contributed by atoms with Crippen molar-refractivity contribution in [2.45, 2.75) is 30.8 Å². The molecule has 2 atom stereocenters. The van der Waals surface area contributed by atoms with Gasteiger partial charge in [0.25, 0.3) is 10.0 Å². The van der Waals surface area contributed by atoms with Crippen molar-refractivity contribution in [3.63, 3.8) is 0 Å². The van der Waals surface area contributed by atoms with Crippen molar-refractivity contribution < 1.29 is 22.7 Å². The average molecular weight is 645 g/mol. The Labute approximate surface area is 260 Å². The number of nitrogens with one attached hydrogen (secondary N) is 1. The SMILES string of the molecule is CCOc1ccc(S(=O)(=O)N(C)C2=N[C@@H](c3ccc(Cl)cc3)[C@@H](c3ccc(Cl)cc3)N2C(=O)N2CCNC(=O)C2)c(C)c1. The van der Waals surface area contributed by atoms with Gasteiger partial charge >= 0.3 is 6.03 Å². The summed E-state index contributed by atoms with van der Waals surface area (Å²) in [4.78, 5) is 34.3. The molecule has 3 amide bonds. The van der Waals surface area contributed by atoms with Crippen LogP contribution >= 0.6 is 23.2 Å². The molecule has 0 unspecified atom stereocenters. The third-order valence-electron chi connectivity index (χ3n) is 7.36. The summed E-state index contributed by atoms with van der Waals surface area (Å²) < 4.78 is 34.8. The minimum Gasteiger partial charge on any atom is -0.494 e. The lowest BCUT2D eigenvalue weighted by atomic mass is 9.94. The van der Waals surface area contributed by atoms with Crippen molar-refractivity contribution in [3.05, 3.63) is 93.5 Å². The van der Waals surface area contributed by atoms with Crippen molar-refractivity contribution in [3.8, 4) is 5.75 Å². The third kappa shape index (κ3) is 6.15. The fraction of sp³-hybridized carbons (Fsp3) is 0.300. The van der Waals surface area contributed by atoms with Crippen LogP contribution in [0.2, 0.25) is 10.0 Å². The number of amides is 3. The maximum Gasteiger partial charge on any atom is 0.328 e. The molecule has 2 aliphatic heterocycles. The average Bonchev–Trinajstić information content (AvgIpc) is 3.37. The normalized spacial score (nSPS) is 18.7. The van der Waals surface area contributed by atoms with E-state index in [1.54, 1.807) is 67.6 Å². The zero-order valence-electron chi connectivity index (χ0n) is 23.8. The second-order valence-corrected chi connectivity index (χ2v) is 13.0. The van der Waals surface area contributed by atoms with Crippen LogP contribution in [-0.4, -0.2) is 73.7 Å². The molecule has 0 spiro atoms. The van der Waals surface area contributed by atoms with Gasteiger partial charge in [0.1, 0.15) is 18.3 Å². The number of rotatable bonds is 6. The van der Waals surface area contributed by atoms with Gasteiger partial charge in [-0.1, -0.05) is 47.5 Å². The monoisotopic (exact) mass is 643 g/mol. The molecule has 226 valence electrons. The van der Waals surface area contributed by atoms with Crippen LogP contribution in [0.25, 0.3) is 0 Å². The minimum absolute atomic E-state index is 0.0453. The number of nitrogens with zero attached hydrogens (tertiary/aromatic N) is 4. The first-order valence-electron chi connectivity index (χ1n) is 13.7. The van der Waals surface area contributed by atoms with Gasteiger partial charge in [-0.25, -0.2) is 22.5 Å². The first kappa shape index (κ1) is 30.7. The number of benzene rings is 3. The summed E-state index contributed by atoms with van der Waals surface area (Å²) in [6, 6.07) is 16.7. The molecule has 3 aromatic rings. The van der Waals surface area contributed by atoms with Gasteiger partial charge in [0, 0.05) is 30.2 Å². The quantitative estimate of drug-likeness (QED) is 0.405. The fourth-order valence-corrected chi connectivity index (χ4v) is 6.85. The zero-order valence-corrected chi connectivity index (χ0v) is 26.2. The van der Waals surface area contributed by atoms with Gasteiger partial charge in [-0.2, -0.15) is 0 Å². The second kappa shape index (κ2) is 12.4. The van der Waals surface area contributed by atoms with Crippen LogP contribution in [0.3, 0.4) is 0 Å². The predicted molar refractivity (Wildman–Crippen MR) is 165 cm³/mol. The highest BCUT2D eigenvalue weighted by molar-refractivity contribution is 7.89. The van der Waals surface area contributed by atoms with Crippen LogP contribution in [-0.2, 0) is 14.8 Å². The smallest absolute Gasteiger partial charge is 0.328 e. The van der Waals surface area contributed by atoms with Crippen molar-refractivity contribution >= 4 is 51.1 Å². The van der Waals surface area contributed by atoms with E-state index in [0.717, 1.165) is 9.87 Å². The van der Waals surface area contributed by atoms with E-state index >= 15 is 0 Å². The fourth-order valence-electron chi connectivity index (χ4n) is 5.25. The molecule has 13 heteroatoms. The number of aliphatic imine (C=N–C) groups is 1. The Bertz CT molecular complexity index is 1670. The van der Waals surface area contributed by atoms with E-state index in [-0.39, 0.29) is 36.4 Å². The van der Waals surface area contributed by atoms with Gasteiger partial charge in [0.2, 0.25) is 11.9 Å². The van der Waals surface area contributed by atoms with Gasteiger partial charge in [0.15, 0.2) is 0 Å². The molecule has 2 aliphatic rings. The van der Waals surface area contributed by atoms with E-state index in [1.807, 2.05) is 6.92 Å². The zero-order chi connectivity index (χ0) is 30.9. The Morgan fingerprint density at radius 3 is 2.26 bits per heavy atom. The molecule has 2 heterocycles. The number of hydrogen-bond donors (Lipinski definition) is 1. The Morgan fingerprint density at radius 1 is 1.05 bits per heavy atom. The van der Waals surface area contributed by atoms with Crippen LogP contribution in [0.15, 0.2) is 76.6 Å². The maximum atomic E-state index is 14.3. The van der Waals surface area contributed by atoms with Crippen LogP contribution in [0, 0.1) is 6.92 Å². The molecule has 1 saturated heterocycles. The van der Waals surface area contributed by atoms with Crippen LogP contribution < -0.4 is 10.1 Å². The molecule has 43 heavy (non-hydrogen) atoms. The summed E-state index contributed by atoms with van der Waals surface area (Å²) in [5.74, 6) is 0.162. The Kier molecular flexibility index (Phi) is 8.86. The lowest BCUT2D eigenvalue weighted by Crippen LogP contribution is -2.57. The first-order valence-corrected chi connectivity index (χ1v) is 15.9. The van der Waals surface area contributed by atoms with Crippen LogP contribution in [0.1, 0.15) is 35.7 Å². The van der Waals surface area contributed by atoms with E-state index in [1.165, 1.54) is 22.9 Å². The number of sulfonamides is 1. The highest BCUT2D eigenvalue weighted by Crippen LogP contribution is 2.44. The number of halogens is 2. The van der Waals surface area contributed by atoms with E-state index in [0.29, 0.717) is 33.5 Å². The van der Waals surface area contributed by atoms with E-state index in [9.17, 15) is 18.0 Å². The van der Waals surface area contributed by atoms with Crippen LogP contribution in [0.4, 0.5) is 4.79 Å². The Morgan fingerprint density at radius 2 is 1.67 bits per heavy atom. The van der Waals surface area contributed by atoms with Crippen molar-refractivity contribution in [2.75, 3.05) is 33.3 Å². The number of guanidine groups is 1. The molecule has 1 N–H and O–H groups in total. The topological polar surface area (TPSA) is 112 Å². The van der Waals surface area contributed by atoms with Gasteiger partial charge in [-0.05, 0) is 73.0 Å². The standard InChI is InChI=1S/C30H31Cl2N5O5S/c1-4-42-24-13-14-25(19(2)17-24)43(40,41)35(3)29-34-27(20-5-9-22(31)10-6-20)28(21-7-11-23(32)12-8-21)37(29)30(39)36-16-15-33-26(38)18-36/h5-14,17,27-28H,4,15-16,18H2,1-3H3,(H,33,38)/t27-,28+/m0/s1. The van der Waals surface area contributed by atoms with E-state index in [2.05, 4.69) is 5.32 Å². The van der Waals surface area contributed by atoms with Crippen molar-refractivity contribution in [2.24, 2.45) is 4.99 Å².